The summed E-state index contributed by atoms with van der Waals surface area (Å²) in [5, 5.41) is 28.9. The third kappa shape index (κ3) is 13.4. The second kappa shape index (κ2) is 24.2. The summed E-state index contributed by atoms with van der Waals surface area (Å²) in [6, 6.07) is -1.74. The second-order valence-electron chi connectivity index (χ2n) is 13.4. The Bertz CT molecular complexity index is 1970. The number of hydrogen-bond acceptors (Lipinski definition) is 15. The van der Waals surface area contributed by atoms with Gasteiger partial charge in [-0.2, -0.15) is 0 Å². The summed E-state index contributed by atoms with van der Waals surface area (Å²) in [7, 11) is 8.22. The van der Waals surface area contributed by atoms with E-state index < -0.39 is 137 Å². The lowest BCUT2D eigenvalue weighted by Gasteiger charge is -2.42. The highest BCUT2D eigenvalue weighted by Gasteiger charge is 2.60. The van der Waals surface area contributed by atoms with Crippen LogP contribution in [-0.2, 0) is 42.9 Å². The zero-order valence-electron chi connectivity index (χ0n) is 31.9. The molecular weight excluding hydrogens is 1030 g/mol. The van der Waals surface area contributed by atoms with E-state index in [0.29, 0.717) is 0 Å². The number of carboxylic acids is 1. The first-order valence-electron chi connectivity index (χ1n) is 17.6. The number of rotatable bonds is 5. The number of halogens is 10. The highest BCUT2D eigenvalue weighted by molar-refractivity contribution is 6.85. The van der Waals surface area contributed by atoms with Crippen molar-refractivity contribution in [2.24, 2.45) is 0 Å². The van der Waals surface area contributed by atoms with Gasteiger partial charge in [0.25, 0.3) is 27.7 Å². The standard InChI is InChI=1S/C11H13Cl2FN2O6.C9H9Cl2FN2O4.C9H10ClFN2O4.C2H4O2.CH4.Cl2/c1-4(18)21-9-11(12,13)8(19)15-10(20)16(9)7-2-5(14)6(3-17)22-7;10-9(11)6(15)13-8(16)14-5-1-3(12)4(18-5)2-17-7(9)14;10-4-2-13(9(16)12-8(4)15)7-1-5(11)6(3-14)17-7;1-2(3)4;;1-2/h5-7,9,17H,2-3H2,1H3,(H,15,19,20);3-5,7H,1-2H2,(H,13,15,16);2,5-7,14H,1,3H2,(H,12,15,16);1H3,(H,3,4);1H4;. The number of aromatic amines is 1. The number of carbonyl (C=O) groups excluding carboxylic acids is 5. The van der Waals surface area contributed by atoms with Gasteiger partial charge >= 0.3 is 23.7 Å². The lowest BCUT2D eigenvalue weighted by Crippen LogP contribution is -2.68. The van der Waals surface area contributed by atoms with Crippen molar-refractivity contribution in [2.45, 2.75) is 117 Å². The zero-order chi connectivity index (χ0) is 47.9. The number of fused-ring (bicyclic) bond motifs is 4. The summed E-state index contributed by atoms with van der Waals surface area (Å²) < 4.78 is 63.1. The summed E-state index contributed by atoms with van der Waals surface area (Å²) in [5.74, 6) is -3.61. The average Bonchev–Trinajstić information content (AvgIpc) is 3.83. The number of H-pyrrole nitrogens is 1. The van der Waals surface area contributed by atoms with Crippen molar-refractivity contribution in [2.75, 3.05) is 19.8 Å². The summed E-state index contributed by atoms with van der Waals surface area (Å²) in [5.41, 5.74) is -1.43. The maximum absolute atomic E-state index is 13.7. The van der Waals surface area contributed by atoms with E-state index >= 15 is 0 Å². The molecule has 0 spiro atoms. The number of amides is 6. The quantitative estimate of drug-likeness (QED) is 0.182. The normalized spacial score (nSPS) is 31.8. The molecule has 6 fully saturated rings. The van der Waals surface area contributed by atoms with Crippen molar-refractivity contribution in [3.63, 3.8) is 0 Å². The number of hydrogen-bond donors (Lipinski definition) is 6. The van der Waals surface area contributed by atoms with Crippen LogP contribution in [0.5, 0.6) is 0 Å². The monoisotopic (exact) mass is 1070 g/mol. The van der Waals surface area contributed by atoms with E-state index in [-0.39, 0.29) is 38.3 Å². The zero-order valence-corrected chi connectivity index (χ0v) is 37.2. The molecule has 22 nitrogen and oxygen atoms in total. The van der Waals surface area contributed by atoms with Gasteiger partial charge in [-0.05, 0) is 0 Å². The van der Waals surface area contributed by atoms with Gasteiger partial charge < -0.3 is 39.0 Å². The maximum Gasteiger partial charge on any atom is 0.330 e. The molecule has 2 bridgehead atoms. The van der Waals surface area contributed by atoms with Crippen molar-refractivity contribution >= 4 is 116 Å². The molecule has 11 atom stereocenters. The molecule has 364 valence electrons. The van der Waals surface area contributed by atoms with E-state index in [1.54, 1.807) is 0 Å². The van der Waals surface area contributed by atoms with Crippen molar-refractivity contribution in [1.29, 1.82) is 0 Å². The fraction of sp³-hybridized carbons (Fsp3) is 0.688. The van der Waals surface area contributed by atoms with Crippen molar-refractivity contribution in [3.05, 3.63) is 32.1 Å². The van der Waals surface area contributed by atoms with Crippen LogP contribution in [0.4, 0.5) is 22.8 Å². The molecule has 0 saturated carbocycles. The number of alkyl halides is 7. The Kier molecular flexibility index (Phi) is 21.6. The maximum atomic E-state index is 13.7. The van der Waals surface area contributed by atoms with Crippen LogP contribution >= 0.6 is 79.7 Å². The Morgan fingerprint density at radius 3 is 1.75 bits per heavy atom. The topological polar surface area (TPSA) is 295 Å². The minimum atomic E-state index is -2.29. The second-order valence-corrected chi connectivity index (χ2v) is 16.6. The molecule has 1 aromatic rings. The van der Waals surface area contributed by atoms with Gasteiger partial charge in [-0.3, -0.25) is 54.0 Å². The molecule has 6 N–H and O–H groups in total. The Labute approximate surface area is 393 Å². The molecule has 7 heterocycles. The van der Waals surface area contributed by atoms with E-state index in [2.05, 4.69) is 21.7 Å². The summed E-state index contributed by atoms with van der Waals surface area (Å²) in [4.78, 5) is 93.5. The van der Waals surface area contributed by atoms with E-state index in [1.165, 1.54) is 0 Å². The van der Waals surface area contributed by atoms with Crippen LogP contribution < -0.4 is 21.9 Å². The molecule has 1 aromatic heterocycles. The minimum Gasteiger partial charge on any atom is -0.481 e. The molecule has 7 rings (SSSR count). The highest BCUT2D eigenvalue weighted by Crippen LogP contribution is 2.41. The van der Waals surface area contributed by atoms with Crippen LogP contribution in [0.3, 0.4) is 0 Å². The molecule has 6 aliphatic rings. The van der Waals surface area contributed by atoms with Gasteiger partial charge in [-0.1, -0.05) is 65.4 Å². The van der Waals surface area contributed by atoms with Gasteiger partial charge in [0, 0.05) is 61.0 Å². The number of ether oxygens (including phenoxy) is 5. The van der Waals surface area contributed by atoms with Gasteiger partial charge in [-0.25, -0.2) is 27.6 Å². The van der Waals surface area contributed by atoms with Crippen LogP contribution in [0.1, 0.15) is 46.8 Å². The molecule has 0 aliphatic carbocycles. The number of carboxylic acid groups (broad SMARTS) is 1. The van der Waals surface area contributed by atoms with Gasteiger partial charge in [-0.15, -0.1) is 0 Å². The Balaban J connectivity index is 0.000000310. The molecule has 6 amide bonds. The van der Waals surface area contributed by atoms with Gasteiger partial charge in [0.1, 0.15) is 60.5 Å². The number of aliphatic hydroxyl groups excluding tert-OH is 2. The number of nitrogens with zero attached hydrogens (tertiary/aromatic N) is 3. The fourth-order valence-corrected chi connectivity index (χ4v) is 7.21. The van der Waals surface area contributed by atoms with E-state index in [4.69, 9.17) is 102 Å². The lowest BCUT2D eigenvalue weighted by atomic mass is 10.1. The van der Waals surface area contributed by atoms with Gasteiger partial charge in [0.05, 0.1) is 19.8 Å². The van der Waals surface area contributed by atoms with E-state index in [0.717, 1.165) is 34.4 Å². The molecule has 64 heavy (non-hydrogen) atoms. The minimum absolute atomic E-state index is 0. The smallest absolute Gasteiger partial charge is 0.330 e. The number of urea groups is 2. The van der Waals surface area contributed by atoms with Crippen molar-refractivity contribution in [3.8, 4) is 0 Å². The molecule has 0 aromatic carbocycles. The Hall–Kier alpha value is -2.92. The molecule has 32 heteroatoms. The van der Waals surface area contributed by atoms with Crippen LogP contribution in [0, 0.1) is 0 Å². The van der Waals surface area contributed by atoms with Crippen molar-refractivity contribution in [1.82, 2.24) is 30.0 Å². The van der Waals surface area contributed by atoms with Crippen LogP contribution in [0.2, 0.25) is 5.02 Å². The third-order valence-electron chi connectivity index (χ3n) is 9.04. The van der Waals surface area contributed by atoms with Crippen LogP contribution in [-0.4, -0.2) is 161 Å². The lowest BCUT2D eigenvalue weighted by molar-refractivity contribution is -0.172. The summed E-state index contributed by atoms with van der Waals surface area (Å²) in [6.07, 6.45) is -12.0. The van der Waals surface area contributed by atoms with Crippen LogP contribution in [0.15, 0.2) is 15.8 Å². The SMILES string of the molecule is C.CC(=O)O.CC(=O)OC1N(C2CC(F)C(CO)O2)C(=O)NC(=O)C1(Cl)Cl.ClCl.O=C1NC(=O)C(Cl)(Cl)C2OCC3OC(CC3F)N12.O=c1[nH]c(=O)n(C2CC(F)C(CO)O2)cc1Cl. The predicted octanol–water partition coefficient (Wildman–Crippen LogP) is 2.48. The molecule has 11 unspecified atom stereocenters. The number of aliphatic carboxylic acids is 1. The number of aliphatic hydroxyl groups is 2. The van der Waals surface area contributed by atoms with E-state index in [9.17, 15) is 46.7 Å². The number of nitrogens with one attached hydrogen (secondary N) is 3. The predicted molar refractivity (Wildman–Crippen MR) is 217 cm³/mol. The molecule has 6 saturated heterocycles. The fourth-order valence-electron chi connectivity index (χ4n) is 6.23. The number of esters is 1. The third-order valence-corrected chi connectivity index (χ3v) is 10.7. The molecule has 0 radical (unpaired) electrons. The number of carbonyl (C=O) groups is 6. The van der Waals surface area contributed by atoms with Crippen LogP contribution in [0.25, 0.3) is 0 Å². The average molecular weight is 1070 g/mol. The largest absolute Gasteiger partial charge is 0.481 e. The molecule has 6 aliphatic heterocycles. The first-order chi connectivity index (χ1) is 29.3. The van der Waals surface area contributed by atoms with E-state index in [1.807, 2.05) is 15.6 Å². The highest BCUT2D eigenvalue weighted by atomic mass is 36.5. The van der Waals surface area contributed by atoms with Crippen molar-refractivity contribution < 1.29 is 80.9 Å². The van der Waals surface area contributed by atoms with Gasteiger partial charge in [0.2, 0.25) is 10.6 Å². The number of imide groups is 2. The Morgan fingerprint density at radius 2 is 1.25 bits per heavy atom. The summed E-state index contributed by atoms with van der Waals surface area (Å²) >= 11 is 29.1. The first kappa shape index (κ1) is 57.2. The number of aromatic nitrogens is 2. The summed E-state index contributed by atoms with van der Waals surface area (Å²) in [6.45, 7) is 0.935. The Morgan fingerprint density at radius 1 is 0.797 bits per heavy atom. The van der Waals surface area contributed by atoms with Gasteiger partial charge in [0.15, 0.2) is 6.23 Å². The first-order valence-corrected chi connectivity index (χ1v) is 20.7. The molecular formula is C32H40Cl7F3N6O16.